The lowest BCUT2D eigenvalue weighted by atomic mass is 10.2. The number of aromatic nitrogens is 2. The third-order valence-corrected chi connectivity index (χ3v) is 4.43. The molecular weight excluding hydrogens is 254 g/mol. The first kappa shape index (κ1) is 12.4. The minimum absolute atomic E-state index is 0.369. The maximum Gasteiger partial charge on any atom is 0.137 e. The number of imidazole rings is 1. The van der Waals surface area contributed by atoms with Crippen LogP contribution in [0.15, 0.2) is 41.9 Å². The van der Waals surface area contributed by atoms with E-state index in [2.05, 4.69) is 52.3 Å². The summed E-state index contributed by atoms with van der Waals surface area (Å²) in [5, 5.41) is 5.69. The van der Waals surface area contributed by atoms with Crippen LogP contribution in [0.2, 0.25) is 0 Å². The molecule has 3 rings (SSSR count). The topological polar surface area (TPSA) is 29.3 Å². The summed E-state index contributed by atoms with van der Waals surface area (Å²) in [7, 11) is 0. The third kappa shape index (κ3) is 2.41. The van der Waals surface area contributed by atoms with Gasteiger partial charge < -0.3 is 9.72 Å². The van der Waals surface area contributed by atoms with Gasteiger partial charge in [0, 0.05) is 23.7 Å². The van der Waals surface area contributed by atoms with Crippen molar-refractivity contribution in [2.24, 2.45) is 0 Å². The SMILES string of the molecule is Cc1nc2ccccn2c1CN[C@@H](C)c1cccs1. The summed E-state index contributed by atoms with van der Waals surface area (Å²) in [6.45, 7) is 5.10. The van der Waals surface area contributed by atoms with Gasteiger partial charge in [0.05, 0.1) is 11.4 Å². The van der Waals surface area contributed by atoms with Crippen molar-refractivity contribution < 1.29 is 0 Å². The molecule has 0 aliphatic heterocycles. The predicted octanol–water partition coefficient (Wildman–Crippen LogP) is 3.56. The molecule has 98 valence electrons. The van der Waals surface area contributed by atoms with E-state index >= 15 is 0 Å². The highest BCUT2D eigenvalue weighted by Crippen LogP contribution is 2.19. The second kappa shape index (κ2) is 5.15. The van der Waals surface area contributed by atoms with Crippen LogP contribution in [0.25, 0.3) is 5.65 Å². The zero-order chi connectivity index (χ0) is 13.2. The average molecular weight is 271 g/mol. The van der Waals surface area contributed by atoms with Gasteiger partial charge in [-0.25, -0.2) is 4.98 Å². The molecule has 0 unspecified atom stereocenters. The Balaban J connectivity index is 1.80. The smallest absolute Gasteiger partial charge is 0.137 e. The third-order valence-electron chi connectivity index (χ3n) is 3.37. The zero-order valence-corrected chi connectivity index (χ0v) is 11.9. The second-order valence-corrected chi connectivity index (χ2v) is 5.67. The van der Waals surface area contributed by atoms with Crippen LogP contribution in [-0.2, 0) is 6.54 Å². The van der Waals surface area contributed by atoms with Gasteiger partial charge >= 0.3 is 0 Å². The Morgan fingerprint density at radius 3 is 3.00 bits per heavy atom. The lowest BCUT2D eigenvalue weighted by molar-refractivity contribution is 0.572. The minimum Gasteiger partial charge on any atom is -0.304 e. The van der Waals surface area contributed by atoms with Gasteiger partial charge in [0.1, 0.15) is 5.65 Å². The van der Waals surface area contributed by atoms with Crippen LogP contribution < -0.4 is 5.32 Å². The molecule has 0 aliphatic carbocycles. The molecular formula is C15H17N3S. The van der Waals surface area contributed by atoms with Crippen molar-refractivity contribution in [3.05, 3.63) is 58.2 Å². The molecule has 0 spiro atoms. The maximum absolute atomic E-state index is 4.58. The molecule has 19 heavy (non-hydrogen) atoms. The van der Waals surface area contributed by atoms with Crippen molar-refractivity contribution in [1.29, 1.82) is 0 Å². The molecule has 0 saturated heterocycles. The highest BCUT2D eigenvalue weighted by atomic mass is 32.1. The van der Waals surface area contributed by atoms with E-state index in [0.717, 1.165) is 17.9 Å². The number of nitrogens with zero attached hydrogens (tertiary/aromatic N) is 2. The van der Waals surface area contributed by atoms with E-state index in [1.54, 1.807) is 11.3 Å². The molecule has 1 atom stereocenters. The summed E-state index contributed by atoms with van der Waals surface area (Å²) < 4.78 is 2.16. The van der Waals surface area contributed by atoms with Gasteiger partial charge in [-0.1, -0.05) is 12.1 Å². The zero-order valence-electron chi connectivity index (χ0n) is 11.1. The van der Waals surface area contributed by atoms with Crippen molar-refractivity contribution in [2.45, 2.75) is 26.4 Å². The van der Waals surface area contributed by atoms with E-state index in [0.29, 0.717) is 6.04 Å². The van der Waals surface area contributed by atoms with Crippen LogP contribution >= 0.6 is 11.3 Å². The van der Waals surface area contributed by atoms with Gasteiger partial charge in [-0.3, -0.25) is 0 Å². The lowest BCUT2D eigenvalue weighted by Gasteiger charge is -2.12. The van der Waals surface area contributed by atoms with Crippen molar-refractivity contribution in [3.63, 3.8) is 0 Å². The molecule has 0 amide bonds. The minimum atomic E-state index is 0.369. The first-order valence-corrected chi connectivity index (χ1v) is 7.33. The monoisotopic (exact) mass is 271 g/mol. The molecule has 0 bridgehead atoms. The molecule has 3 aromatic heterocycles. The Morgan fingerprint density at radius 2 is 2.21 bits per heavy atom. The van der Waals surface area contributed by atoms with Crippen LogP contribution in [0, 0.1) is 6.92 Å². The molecule has 3 heterocycles. The molecule has 0 aliphatic rings. The largest absolute Gasteiger partial charge is 0.304 e. The second-order valence-electron chi connectivity index (χ2n) is 4.69. The van der Waals surface area contributed by atoms with Crippen molar-refractivity contribution >= 4 is 17.0 Å². The van der Waals surface area contributed by atoms with E-state index in [1.807, 2.05) is 18.2 Å². The van der Waals surface area contributed by atoms with Gasteiger partial charge in [-0.15, -0.1) is 11.3 Å². The van der Waals surface area contributed by atoms with E-state index < -0.39 is 0 Å². The Morgan fingerprint density at radius 1 is 1.32 bits per heavy atom. The number of fused-ring (bicyclic) bond motifs is 1. The number of thiophene rings is 1. The molecule has 3 nitrogen and oxygen atoms in total. The Kier molecular flexibility index (Phi) is 3.36. The van der Waals surface area contributed by atoms with E-state index in [4.69, 9.17) is 0 Å². The number of nitrogens with one attached hydrogen (secondary N) is 1. The first-order valence-electron chi connectivity index (χ1n) is 6.45. The molecule has 0 radical (unpaired) electrons. The number of aryl methyl sites for hydroxylation is 1. The standard InChI is InChI=1S/C15H17N3S/c1-11-13(18-8-4-3-7-15(18)17-11)10-16-12(2)14-6-5-9-19-14/h3-9,12,16H,10H2,1-2H3/t12-/m0/s1. The number of pyridine rings is 1. The number of hydrogen-bond donors (Lipinski definition) is 1. The summed E-state index contributed by atoms with van der Waals surface area (Å²) in [6.07, 6.45) is 2.07. The van der Waals surface area contributed by atoms with Crippen molar-refractivity contribution in [3.8, 4) is 0 Å². The van der Waals surface area contributed by atoms with Crippen LogP contribution in [0.3, 0.4) is 0 Å². The van der Waals surface area contributed by atoms with E-state index in [-0.39, 0.29) is 0 Å². The van der Waals surface area contributed by atoms with Crippen LogP contribution in [0.4, 0.5) is 0 Å². The quantitative estimate of drug-likeness (QED) is 0.786. The number of rotatable bonds is 4. The van der Waals surface area contributed by atoms with Crippen LogP contribution in [0.5, 0.6) is 0 Å². The molecule has 0 fully saturated rings. The van der Waals surface area contributed by atoms with E-state index in [9.17, 15) is 0 Å². The first-order chi connectivity index (χ1) is 9.25. The van der Waals surface area contributed by atoms with Gasteiger partial charge in [0.2, 0.25) is 0 Å². The fourth-order valence-corrected chi connectivity index (χ4v) is 3.02. The Labute approximate surface area is 116 Å². The van der Waals surface area contributed by atoms with E-state index in [1.165, 1.54) is 10.6 Å². The Hall–Kier alpha value is -1.65. The van der Waals surface area contributed by atoms with Crippen molar-refractivity contribution in [2.75, 3.05) is 0 Å². The van der Waals surface area contributed by atoms with Crippen LogP contribution in [0.1, 0.15) is 29.2 Å². The normalized spacial score (nSPS) is 12.9. The molecule has 3 aromatic rings. The van der Waals surface area contributed by atoms with Crippen molar-refractivity contribution in [1.82, 2.24) is 14.7 Å². The molecule has 4 heteroatoms. The summed E-state index contributed by atoms with van der Waals surface area (Å²) in [5.74, 6) is 0. The summed E-state index contributed by atoms with van der Waals surface area (Å²) in [5.41, 5.74) is 3.34. The molecule has 0 aromatic carbocycles. The predicted molar refractivity (Wildman–Crippen MR) is 79.5 cm³/mol. The molecule has 0 saturated carbocycles. The Bertz CT molecular complexity index is 670. The lowest BCUT2D eigenvalue weighted by Crippen LogP contribution is -2.18. The fraction of sp³-hybridized carbons (Fsp3) is 0.267. The van der Waals surface area contributed by atoms with Gasteiger partial charge in [0.25, 0.3) is 0 Å². The molecule has 1 N–H and O–H groups in total. The highest BCUT2D eigenvalue weighted by molar-refractivity contribution is 7.10. The van der Waals surface area contributed by atoms with Gasteiger partial charge in [-0.05, 0) is 37.4 Å². The average Bonchev–Trinajstić information content (AvgIpc) is 3.03. The summed E-state index contributed by atoms with van der Waals surface area (Å²) >= 11 is 1.79. The van der Waals surface area contributed by atoms with Gasteiger partial charge in [0.15, 0.2) is 0 Å². The maximum atomic E-state index is 4.58. The van der Waals surface area contributed by atoms with Crippen LogP contribution in [-0.4, -0.2) is 9.38 Å². The summed E-state index contributed by atoms with van der Waals surface area (Å²) in [4.78, 5) is 5.95. The highest BCUT2D eigenvalue weighted by Gasteiger charge is 2.10. The fourth-order valence-electron chi connectivity index (χ4n) is 2.27. The van der Waals surface area contributed by atoms with Gasteiger partial charge in [-0.2, -0.15) is 0 Å². The summed E-state index contributed by atoms with van der Waals surface area (Å²) in [6, 6.07) is 10.7. The number of hydrogen-bond acceptors (Lipinski definition) is 3.